The Bertz CT molecular complexity index is 1410. The van der Waals surface area contributed by atoms with E-state index in [-0.39, 0.29) is 5.56 Å². The summed E-state index contributed by atoms with van der Waals surface area (Å²) < 4.78 is 7.56. The third kappa shape index (κ3) is 2.95. The maximum absolute atomic E-state index is 13.2. The summed E-state index contributed by atoms with van der Waals surface area (Å²) in [5.74, 6) is 1.59. The number of methoxy groups -OCH3 is 1. The summed E-state index contributed by atoms with van der Waals surface area (Å²) >= 11 is 1.80. The van der Waals surface area contributed by atoms with Crippen LogP contribution < -0.4 is 10.3 Å². The van der Waals surface area contributed by atoms with Crippen molar-refractivity contribution in [2.45, 2.75) is 32.2 Å². The van der Waals surface area contributed by atoms with Gasteiger partial charge >= 0.3 is 0 Å². The van der Waals surface area contributed by atoms with E-state index in [1.54, 1.807) is 18.4 Å². The Labute approximate surface area is 184 Å². The summed E-state index contributed by atoms with van der Waals surface area (Å²) in [4.78, 5) is 20.3. The van der Waals surface area contributed by atoms with E-state index < -0.39 is 0 Å². The second-order valence-corrected chi connectivity index (χ2v) is 9.29. The van der Waals surface area contributed by atoms with Crippen LogP contribution in [0.15, 0.2) is 53.3 Å². The predicted molar refractivity (Wildman–Crippen MR) is 126 cm³/mol. The van der Waals surface area contributed by atoms with Gasteiger partial charge in [0, 0.05) is 10.5 Å². The highest BCUT2D eigenvalue weighted by Gasteiger charge is 2.27. The molecular weight excluding hydrogens is 404 g/mol. The molecule has 154 valence electrons. The van der Waals surface area contributed by atoms with Crippen LogP contribution in [0.2, 0.25) is 0 Å². The first-order valence-corrected chi connectivity index (χ1v) is 11.5. The fraction of sp³-hybridized carbons (Fsp3) is 0.231. The summed E-state index contributed by atoms with van der Waals surface area (Å²) in [6, 6.07) is 16.4. The van der Waals surface area contributed by atoms with Crippen molar-refractivity contribution in [1.82, 2.24) is 9.55 Å². The largest absolute Gasteiger partial charge is 0.497 e. The van der Waals surface area contributed by atoms with Gasteiger partial charge in [-0.1, -0.05) is 36.4 Å². The Morgan fingerprint density at radius 1 is 1.06 bits per heavy atom. The number of hydrogen-bond donors (Lipinski definition) is 0. The van der Waals surface area contributed by atoms with Crippen molar-refractivity contribution in [3.8, 4) is 5.75 Å². The molecule has 1 aliphatic heterocycles. The average Bonchev–Trinajstić information content (AvgIpc) is 3.21. The van der Waals surface area contributed by atoms with Crippen molar-refractivity contribution in [1.29, 1.82) is 0 Å². The highest BCUT2D eigenvalue weighted by Crippen LogP contribution is 2.39. The minimum atomic E-state index is -0.0827. The van der Waals surface area contributed by atoms with Crippen LogP contribution in [0, 0.1) is 0 Å². The lowest BCUT2D eigenvalue weighted by Gasteiger charge is -2.24. The van der Waals surface area contributed by atoms with Crippen LogP contribution in [0.5, 0.6) is 5.75 Å². The summed E-state index contributed by atoms with van der Waals surface area (Å²) in [6.07, 6.45) is 6.58. The third-order valence-electron chi connectivity index (χ3n) is 6.38. The predicted octanol–water partition coefficient (Wildman–Crippen LogP) is 5.30. The molecular formula is C26H22N2O2S. The number of rotatable bonds is 2. The summed E-state index contributed by atoms with van der Waals surface area (Å²) in [5.41, 5.74) is 5.62. The zero-order valence-corrected chi connectivity index (χ0v) is 18.2. The van der Waals surface area contributed by atoms with Gasteiger partial charge in [0.2, 0.25) is 0 Å². The lowest BCUT2D eigenvalue weighted by molar-refractivity contribution is 0.415. The topological polar surface area (TPSA) is 44.1 Å². The van der Waals surface area contributed by atoms with Crippen LogP contribution in [0.3, 0.4) is 0 Å². The van der Waals surface area contributed by atoms with Crippen LogP contribution in [0.4, 0.5) is 0 Å². The van der Waals surface area contributed by atoms with E-state index in [0.717, 1.165) is 64.3 Å². The molecule has 0 unspecified atom stereocenters. The van der Waals surface area contributed by atoms with Crippen LogP contribution in [-0.4, -0.2) is 16.7 Å². The molecule has 4 nitrogen and oxygen atoms in total. The van der Waals surface area contributed by atoms with Crippen LogP contribution >= 0.6 is 11.3 Å². The zero-order chi connectivity index (χ0) is 20.9. The average molecular weight is 427 g/mol. The van der Waals surface area contributed by atoms with Crippen molar-refractivity contribution in [3.05, 3.63) is 91.8 Å². The van der Waals surface area contributed by atoms with Crippen molar-refractivity contribution in [3.63, 3.8) is 0 Å². The molecule has 0 N–H and O–H groups in total. The number of nitrogens with zero attached hydrogens (tertiary/aromatic N) is 2. The Hall–Kier alpha value is -3.18. The van der Waals surface area contributed by atoms with Crippen LogP contribution in [0.25, 0.3) is 21.9 Å². The van der Waals surface area contributed by atoms with E-state index in [2.05, 4.69) is 39.9 Å². The first-order valence-electron chi connectivity index (χ1n) is 10.7. The first-order chi connectivity index (χ1) is 15.2. The fourth-order valence-corrected chi connectivity index (χ4v) is 6.22. The normalized spacial score (nSPS) is 16.1. The van der Waals surface area contributed by atoms with E-state index in [1.165, 1.54) is 22.4 Å². The molecule has 6 rings (SSSR count). The highest BCUT2D eigenvalue weighted by atomic mass is 32.1. The molecule has 0 atom stereocenters. The van der Waals surface area contributed by atoms with Gasteiger partial charge in [0.15, 0.2) is 0 Å². The molecule has 0 radical (unpaired) electrons. The molecule has 5 heteroatoms. The van der Waals surface area contributed by atoms with Gasteiger partial charge in [-0.15, -0.1) is 11.3 Å². The maximum Gasteiger partial charge on any atom is 0.282 e. The number of thiophene rings is 1. The number of ether oxygens (including phenoxy) is 1. The van der Waals surface area contributed by atoms with Gasteiger partial charge in [0.25, 0.3) is 5.56 Å². The molecule has 0 saturated heterocycles. The minimum Gasteiger partial charge on any atom is -0.497 e. The van der Waals surface area contributed by atoms with E-state index in [9.17, 15) is 4.79 Å². The Morgan fingerprint density at radius 2 is 1.87 bits per heavy atom. The number of fused-ring (bicyclic) bond motifs is 6. The molecule has 3 heterocycles. The number of aryl methyl sites for hydroxylation is 2. The quantitative estimate of drug-likeness (QED) is 0.385. The van der Waals surface area contributed by atoms with Crippen molar-refractivity contribution in [2.75, 3.05) is 7.11 Å². The third-order valence-corrected chi connectivity index (χ3v) is 7.69. The van der Waals surface area contributed by atoms with Crippen molar-refractivity contribution in [2.24, 2.45) is 0 Å². The summed E-state index contributed by atoms with van der Waals surface area (Å²) in [5, 5.41) is 0.853. The van der Waals surface area contributed by atoms with Gasteiger partial charge in [-0.25, -0.2) is 0 Å². The van der Waals surface area contributed by atoms with E-state index >= 15 is 0 Å². The zero-order valence-electron chi connectivity index (χ0n) is 17.4. The van der Waals surface area contributed by atoms with E-state index in [1.807, 2.05) is 24.3 Å². The molecule has 0 amide bonds. The van der Waals surface area contributed by atoms with Crippen molar-refractivity contribution >= 4 is 33.2 Å². The summed E-state index contributed by atoms with van der Waals surface area (Å²) in [7, 11) is 1.67. The number of aromatic nitrogens is 2. The first kappa shape index (κ1) is 18.6. The van der Waals surface area contributed by atoms with Gasteiger partial charge < -0.3 is 9.30 Å². The van der Waals surface area contributed by atoms with Gasteiger partial charge in [-0.05, 0) is 66.1 Å². The molecule has 4 aromatic rings. The summed E-state index contributed by atoms with van der Waals surface area (Å²) in [6.45, 7) is 0.745. The van der Waals surface area contributed by atoms with Crippen LogP contribution in [0.1, 0.15) is 45.8 Å². The fourth-order valence-electron chi connectivity index (χ4n) is 4.84. The van der Waals surface area contributed by atoms with Gasteiger partial charge in [-0.3, -0.25) is 4.79 Å². The Morgan fingerprint density at radius 3 is 2.71 bits per heavy atom. The lowest BCUT2D eigenvalue weighted by atomic mass is 9.93. The van der Waals surface area contributed by atoms with Crippen molar-refractivity contribution < 1.29 is 4.74 Å². The lowest BCUT2D eigenvalue weighted by Crippen LogP contribution is -2.23. The molecule has 0 bridgehead atoms. The van der Waals surface area contributed by atoms with E-state index in [4.69, 9.17) is 4.74 Å². The molecule has 0 spiro atoms. The number of benzene rings is 2. The standard InChI is InChI=1S/C26H22N2O2S/c1-30-18-12-10-16(11-13-18)14-21-19-7-3-2-6-17(19)15-28-24(21)27-25(29)23-20-8-4-5-9-22(20)31-26(23)28/h2-3,6-7,10-14H,4-5,8-9,15H2,1H3/b21-14-. The molecule has 0 fully saturated rings. The van der Waals surface area contributed by atoms with Gasteiger partial charge in [-0.2, -0.15) is 4.98 Å². The molecule has 0 saturated carbocycles. The minimum absolute atomic E-state index is 0.0827. The SMILES string of the molecule is COc1ccc(/C=C2/c3ccccc3Cn3c2nc(=O)c2c4c(sc23)CCCC4)cc1. The molecule has 1 aliphatic carbocycles. The monoisotopic (exact) mass is 426 g/mol. The Balaban J connectivity index is 1.62. The van der Waals surface area contributed by atoms with Gasteiger partial charge in [0.1, 0.15) is 16.4 Å². The highest BCUT2D eigenvalue weighted by molar-refractivity contribution is 7.18. The Kier molecular flexibility index (Phi) is 4.32. The molecule has 2 aromatic heterocycles. The smallest absolute Gasteiger partial charge is 0.282 e. The van der Waals surface area contributed by atoms with Gasteiger partial charge in [0.05, 0.1) is 19.0 Å². The van der Waals surface area contributed by atoms with Crippen LogP contribution in [-0.2, 0) is 19.4 Å². The molecule has 2 aromatic carbocycles. The van der Waals surface area contributed by atoms with E-state index in [0.29, 0.717) is 0 Å². The molecule has 2 aliphatic rings. The molecule has 31 heavy (non-hydrogen) atoms. The number of hydrogen-bond acceptors (Lipinski definition) is 4. The maximum atomic E-state index is 13.2. The second kappa shape index (κ2) is 7.20. The second-order valence-electron chi connectivity index (χ2n) is 8.21.